The molecule has 25 heavy (non-hydrogen) atoms. The lowest BCUT2D eigenvalue weighted by molar-refractivity contribution is 0.109. The predicted molar refractivity (Wildman–Crippen MR) is 92.8 cm³/mol. The second kappa shape index (κ2) is 7.01. The lowest BCUT2D eigenvalue weighted by Crippen LogP contribution is -2.37. The van der Waals surface area contributed by atoms with Gasteiger partial charge in [0.25, 0.3) is 0 Å². The van der Waals surface area contributed by atoms with E-state index in [1.807, 2.05) is 6.92 Å². The first-order valence-corrected chi connectivity index (χ1v) is 9.74. The van der Waals surface area contributed by atoms with Gasteiger partial charge in [0.2, 0.25) is 10.0 Å². The summed E-state index contributed by atoms with van der Waals surface area (Å²) in [5.41, 5.74) is 1.43. The number of aryl methyl sites for hydroxylation is 1. The quantitative estimate of drug-likeness (QED) is 0.892. The molecule has 0 unspecified atom stereocenters. The standard InChI is InChI=1S/C16H22N4O4S/c1-3-24-16(21)19-7-4-8-20(10-9-19)25(22,23)13-5-6-14-15(11-13)18-12(2)17-14/h5-6,11H,3-4,7-10H2,1-2H3,(H,17,18). The molecule has 3 rings (SSSR count). The first kappa shape index (κ1) is 17.7. The Morgan fingerprint density at radius 3 is 2.84 bits per heavy atom. The highest BCUT2D eigenvalue weighted by Gasteiger charge is 2.29. The minimum absolute atomic E-state index is 0.230. The molecule has 2 aromatic rings. The predicted octanol–water partition coefficient (Wildman–Crippen LogP) is 1.72. The summed E-state index contributed by atoms with van der Waals surface area (Å²) in [7, 11) is -3.62. The average Bonchev–Trinajstić information content (AvgIpc) is 2.78. The Balaban J connectivity index is 1.80. The summed E-state index contributed by atoms with van der Waals surface area (Å²) in [5.74, 6) is 0.740. The summed E-state index contributed by atoms with van der Waals surface area (Å²) in [6.45, 7) is 5.32. The van der Waals surface area contributed by atoms with Gasteiger partial charge in [-0.25, -0.2) is 18.2 Å². The van der Waals surface area contributed by atoms with E-state index in [1.54, 1.807) is 30.0 Å². The molecule has 136 valence electrons. The first-order chi connectivity index (χ1) is 11.9. The summed E-state index contributed by atoms with van der Waals surface area (Å²) in [5, 5.41) is 0. The SMILES string of the molecule is CCOC(=O)N1CCCN(S(=O)(=O)c2ccc3nc(C)[nH]c3c2)CC1. The first-order valence-electron chi connectivity index (χ1n) is 8.30. The molecule has 0 atom stereocenters. The average molecular weight is 366 g/mol. The Morgan fingerprint density at radius 1 is 1.28 bits per heavy atom. The number of ether oxygens (including phenoxy) is 1. The van der Waals surface area contributed by atoms with Crippen LogP contribution in [0, 0.1) is 6.92 Å². The maximum Gasteiger partial charge on any atom is 0.409 e. The van der Waals surface area contributed by atoms with E-state index in [-0.39, 0.29) is 11.4 Å². The van der Waals surface area contributed by atoms with Gasteiger partial charge in [0.1, 0.15) is 5.82 Å². The fraction of sp³-hybridized carbons (Fsp3) is 0.500. The van der Waals surface area contributed by atoms with Crippen molar-refractivity contribution < 1.29 is 17.9 Å². The second-order valence-electron chi connectivity index (χ2n) is 5.94. The fourth-order valence-corrected chi connectivity index (χ4v) is 4.45. The minimum Gasteiger partial charge on any atom is -0.450 e. The van der Waals surface area contributed by atoms with E-state index in [9.17, 15) is 13.2 Å². The van der Waals surface area contributed by atoms with Crippen LogP contribution in [-0.2, 0) is 14.8 Å². The molecule has 2 heterocycles. The van der Waals surface area contributed by atoms with Gasteiger partial charge in [-0.05, 0) is 38.5 Å². The molecule has 9 heteroatoms. The van der Waals surface area contributed by atoms with Crippen molar-refractivity contribution in [1.82, 2.24) is 19.2 Å². The van der Waals surface area contributed by atoms with Crippen LogP contribution >= 0.6 is 0 Å². The zero-order chi connectivity index (χ0) is 18.0. The number of amides is 1. The molecule has 1 aromatic heterocycles. The molecule has 0 spiro atoms. The van der Waals surface area contributed by atoms with Crippen molar-refractivity contribution in [3.63, 3.8) is 0 Å². The Labute approximate surface area is 146 Å². The Morgan fingerprint density at radius 2 is 2.08 bits per heavy atom. The van der Waals surface area contributed by atoms with Gasteiger partial charge in [-0.1, -0.05) is 0 Å². The molecule has 0 radical (unpaired) electrons. The summed E-state index contributed by atoms with van der Waals surface area (Å²) in [6, 6.07) is 4.89. The van der Waals surface area contributed by atoms with Crippen molar-refractivity contribution in [2.75, 3.05) is 32.8 Å². The monoisotopic (exact) mass is 366 g/mol. The van der Waals surface area contributed by atoms with Crippen molar-refractivity contribution in [3.8, 4) is 0 Å². The van der Waals surface area contributed by atoms with Gasteiger partial charge in [-0.15, -0.1) is 0 Å². The van der Waals surface area contributed by atoms with Crippen LogP contribution in [0.2, 0.25) is 0 Å². The molecule has 8 nitrogen and oxygen atoms in total. The second-order valence-corrected chi connectivity index (χ2v) is 7.88. The highest BCUT2D eigenvalue weighted by molar-refractivity contribution is 7.89. The molecule has 1 aliphatic rings. The highest BCUT2D eigenvalue weighted by Crippen LogP contribution is 2.22. The van der Waals surface area contributed by atoms with Gasteiger partial charge in [0.15, 0.2) is 0 Å². The van der Waals surface area contributed by atoms with E-state index < -0.39 is 16.1 Å². The number of aromatic amines is 1. The number of nitrogens with one attached hydrogen (secondary N) is 1. The van der Waals surface area contributed by atoms with E-state index in [0.29, 0.717) is 38.2 Å². The van der Waals surface area contributed by atoms with Crippen molar-refractivity contribution in [2.24, 2.45) is 0 Å². The number of imidazole rings is 1. The number of nitrogens with zero attached hydrogens (tertiary/aromatic N) is 3. The minimum atomic E-state index is -3.62. The van der Waals surface area contributed by atoms with Crippen LogP contribution in [0.3, 0.4) is 0 Å². The number of H-pyrrole nitrogens is 1. The van der Waals surface area contributed by atoms with Gasteiger partial charge in [0, 0.05) is 26.2 Å². The molecule has 0 saturated carbocycles. The zero-order valence-electron chi connectivity index (χ0n) is 14.4. The van der Waals surface area contributed by atoms with Crippen LogP contribution in [0.5, 0.6) is 0 Å². The van der Waals surface area contributed by atoms with E-state index in [2.05, 4.69) is 9.97 Å². The van der Waals surface area contributed by atoms with Crippen molar-refractivity contribution >= 4 is 27.1 Å². The topological polar surface area (TPSA) is 95.6 Å². The molecular formula is C16H22N4O4S. The van der Waals surface area contributed by atoms with Crippen LogP contribution in [0.1, 0.15) is 19.2 Å². The number of fused-ring (bicyclic) bond motifs is 1. The fourth-order valence-electron chi connectivity index (χ4n) is 2.96. The molecular weight excluding hydrogens is 344 g/mol. The summed E-state index contributed by atoms with van der Waals surface area (Å²) < 4.78 is 32.3. The molecule has 0 bridgehead atoms. The Bertz CT molecular complexity index is 877. The lowest BCUT2D eigenvalue weighted by atomic mass is 10.3. The molecule has 1 saturated heterocycles. The normalized spacial score (nSPS) is 16.8. The number of rotatable bonds is 3. The summed E-state index contributed by atoms with van der Waals surface area (Å²) in [6.07, 6.45) is 0.180. The number of sulfonamides is 1. The number of benzene rings is 1. The van der Waals surface area contributed by atoms with Crippen molar-refractivity contribution in [3.05, 3.63) is 24.0 Å². The highest BCUT2D eigenvalue weighted by atomic mass is 32.2. The number of hydrogen-bond donors (Lipinski definition) is 1. The molecule has 1 aromatic carbocycles. The maximum absolute atomic E-state index is 12.9. The molecule has 1 N–H and O–H groups in total. The van der Waals surface area contributed by atoms with Gasteiger partial charge < -0.3 is 14.6 Å². The van der Waals surface area contributed by atoms with E-state index in [4.69, 9.17) is 4.74 Å². The van der Waals surface area contributed by atoms with Crippen LogP contribution in [0.15, 0.2) is 23.1 Å². The molecule has 1 amide bonds. The summed E-state index contributed by atoms with van der Waals surface area (Å²) >= 11 is 0. The Kier molecular flexibility index (Phi) is 4.96. The van der Waals surface area contributed by atoms with Crippen LogP contribution in [0.25, 0.3) is 11.0 Å². The number of hydrogen-bond acceptors (Lipinski definition) is 5. The van der Waals surface area contributed by atoms with Gasteiger partial charge >= 0.3 is 6.09 Å². The lowest BCUT2D eigenvalue weighted by Gasteiger charge is -2.21. The van der Waals surface area contributed by atoms with Gasteiger partial charge in [0.05, 0.1) is 22.5 Å². The van der Waals surface area contributed by atoms with Crippen LogP contribution in [0.4, 0.5) is 4.79 Å². The molecule has 1 aliphatic heterocycles. The van der Waals surface area contributed by atoms with Crippen LogP contribution < -0.4 is 0 Å². The zero-order valence-corrected chi connectivity index (χ0v) is 15.2. The van der Waals surface area contributed by atoms with E-state index >= 15 is 0 Å². The smallest absolute Gasteiger partial charge is 0.409 e. The molecule has 0 aliphatic carbocycles. The number of carbonyl (C=O) groups is 1. The maximum atomic E-state index is 12.9. The largest absolute Gasteiger partial charge is 0.450 e. The van der Waals surface area contributed by atoms with E-state index in [0.717, 1.165) is 11.3 Å². The van der Waals surface area contributed by atoms with Crippen LogP contribution in [-0.4, -0.2) is 66.5 Å². The third-order valence-corrected chi connectivity index (χ3v) is 6.09. The van der Waals surface area contributed by atoms with Crippen molar-refractivity contribution in [2.45, 2.75) is 25.2 Å². The number of aromatic nitrogens is 2. The van der Waals surface area contributed by atoms with Gasteiger partial charge in [-0.2, -0.15) is 4.31 Å². The van der Waals surface area contributed by atoms with Crippen molar-refractivity contribution in [1.29, 1.82) is 0 Å². The third-order valence-electron chi connectivity index (χ3n) is 4.19. The Hall–Kier alpha value is -2.13. The number of carbonyl (C=O) groups excluding carboxylic acids is 1. The summed E-state index contributed by atoms with van der Waals surface area (Å²) in [4.78, 5) is 21.0. The third kappa shape index (κ3) is 3.62. The van der Waals surface area contributed by atoms with Gasteiger partial charge in [-0.3, -0.25) is 0 Å². The van der Waals surface area contributed by atoms with E-state index in [1.165, 1.54) is 4.31 Å². The molecule has 1 fully saturated rings.